The number of anilines is 3. The van der Waals surface area contributed by atoms with Gasteiger partial charge in [-0.2, -0.15) is 0 Å². The van der Waals surface area contributed by atoms with Gasteiger partial charge in [0.15, 0.2) is 5.82 Å². The lowest BCUT2D eigenvalue weighted by Gasteiger charge is -2.32. The number of rotatable bonds is 4. The highest BCUT2D eigenvalue weighted by molar-refractivity contribution is 6.14. The van der Waals surface area contributed by atoms with Gasteiger partial charge >= 0.3 is 0 Å². The second kappa shape index (κ2) is 9.50. The number of fused-ring (bicyclic) bond motifs is 2. The Hall–Kier alpha value is -5.68. The minimum atomic E-state index is 0.678. The van der Waals surface area contributed by atoms with Gasteiger partial charge in [0.1, 0.15) is 12.1 Å². The van der Waals surface area contributed by atoms with E-state index in [1.165, 1.54) is 0 Å². The van der Waals surface area contributed by atoms with Crippen molar-refractivity contribution in [3.8, 4) is 45.0 Å². The molecule has 1 aliphatic rings. The van der Waals surface area contributed by atoms with Gasteiger partial charge in [0.2, 0.25) is 0 Å². The zero-order valence-corrected chi connectivity index (χ0v) is 22.0. The van der Waals surface area contributed by atoms with E-state index < -0.39 is 0 Å². The molecule has 7 aromatic rings. The fraction of sp³-hybridized carbons (Fsp3) is 0. The minimum absolute atomic E-state index is 0.678. The van der Waals surface area contributed by atoms with E-state index >= 15 is 0 Å². The molecule has 0 spiro atoms. The summed E-state index contributed by atoms with van der Waals surface area (Å²) in [7, 11) is 0. The van der Waals surface area contributed by atoms with Gasteiger partial charge in [-0.25, -0.2) is 19.9 Å². The number of aromatic nitrogens is 4. The van der Waals surface area contributed by atoms with Gasteiger partial charge in [-0.1, -0.05) is 91.0 Å². The van der Waals surface area contributed by atoms with Crippen molar-refractivity contribution in [3.05, 3.63) is 140 Å². The maximum Gasteiger partial charge on any atom is 0.160 e. The lowest BCUT2D eigenvalue weighted by Crippen LogP contribution is -2.16. The fourth-order valence-electron chi connectivity index (χ4n) is 5.67. The van der Waals surface area contributed by atoms with Crippen molar-refractivity contribution in [1.82, 2.24) is 19.9 Å². The van der Waals surface area contributed by atoms with Gasteiger partial charge in [0.05, 0.1) is 17.1 Å². The summed E-state index contributed by atoms with van der Waals surface area (Å²) in [6.45, 7) is 0. The topological polar surface area (TPSA) is 54.8 Å². The molecule has 0 N–H and O–H groups in total. The van der Waals surface area contributed by atoms with Gasteiger partial charge in [0.25, 0.3) is 0 Å². The van der Waals surface area contributed by atoms with Gasteiger partial charge in [-0.05, 0) is 47.3 Å². The summed E-state index contributed by atoms with van der Waals surface area (Å²) in [6, 6.07) is 43.8. The maximum atomic E-state index is 5.09. The van der Waals surface area contributed by atoms with E-state index in [4.69, 9.17) is 15.0 Å². The van der Waals surface area contributed by atoms with E-state index in [9.17, 15) is 0 Å². The summed E-state index contributed by atoms with van der Waals surface area (Å²) in [6.07, 6.45) is 3.52. The molecular weight excluding hydrogens is 502 g/mol. The SMILES string of the molecule is c1ccc(-c2cc(-c3ccccc3)nc(-c3cc4c5c(cccc5c3)N(c3ccccc3)c3ncncc3-4)n2)cc1. The van der Waals surface area contributed by atoms with E-state index in [1.807, 2.05) is 48.7 Å². The highest BCUT2D eigenvalue weighted by Crippen LogP contribution is 2.50. The van der Waals surface area contributed by atoms with Crippen LogP contribution in [0.5, 0.6) is 0 Å². The molecule has 5 aromatic carbocycles. The van der Waals surface area contributed by atoms with Gasteiger partial charge in [-0.15, -0.1) is 0 Å². The van der Waals surface area contributed by atoms with Crippen molar-refractivity contribution in [2.75, 3.05) is 4.90 Å². The second-order valence-corrected chi connectivity index (χ2v) is 10.0. The van der Waals surface area contributed by atoms with Crippen LogP contribution in [0, 0.1) is 0 Å². The predicted octanol–water partition coefficient (Wildman–Crippen LogP) is 8.87. The lowest BCUT2D eigenvalue weighted by atomic mass is 9.91. The summed E-state index contributed by atoms with van der Waals surface area (Å²) in [4.78, 5) is 21.6. The number of benzene rings is 5. The van der Waals surface area contributed by atoms with Crippen molar-refractivity contribution in [2.24, 2.45) is 0 Å². The molecule has 192 valence electrons. The molecule has 5 heteroatoms. The van der Waals surface area contributed by atoms with Crippen molar-refractivity contribution < 1.29 is 0 Å². The molecule has 0 bridgehead atoms. The van der Waals surface area contributed by atoms with Crippen molar-refractivity contribution >= 4 is 28.0 Å². The Labute approximate surface area is 237 Å². The zero-order chi connectivity index (χ0) is 27.2. The average Bonchev–Trinajstić information content (AvgIpc) is 3.06. The van der Waals surface area contributed by atoms with E-state index in [-0.39, 0.29) is 0 Å². The first-order valence-corrected chi connectivity index (χ1v) is 13.6. The van der Waals surface area contributed by atoms with Crippen LogP contribution >= 0.6 is 0 Å². The lowest BCUT2D eigenvalue weighted by molar-refractivity contribution is 1.11. The van der Waals surface area contributed by atoms with Crippen LogP contribution in [0.4, 0.5) is 17.2 Å². The predicted molar refractivity (Wildman–Crippen MR) is 165 cm³/mol. The Morgan fingerprint density at radius 3 is 1.88 bits per heavy atom. The molecule has 0 aliphatic carbocycles. The largest absolute Gasteiger partial charge is 0.294 e. The smallest absolute Gasteiger partial charge is 0.160 e. The first kappa shape index (κ1) is 23.2. The molecule has 1 aliphatic heterocycles. The first-order valence-electron chi connectivity index (χ1n) is 13.6. The van der Waals surface area contributed by atoms with Crippen molar-refractivity contribution in [1.29, 1.82) is 0 Å². The Balaban J connectivity index is 1.38. The molecule has 8 rings (SSSR count). The van der Waals surface area contributed by atoms with Crippen LogP contribution in [-0.4, -0.2) is 19.9 Å². The normalized spacial score (nSPS) is 11.9. The van der Waals surface area contributed by atoms with Crippen molar-refractivity contribution in [3.63, 3.8) is 0 Å². The molecule has 0 atom stereocenters. The maximum absolute atomic E-state index is 5.09. The zero-order valence-electron chi connectivity index (χ0n) is 22.0. The van der Waals surface area contributed by atoms with Crippen LogP contribution in [-0.2, 0) is 0 Å². The number of hydrogen-bond acceptors (Lipinski definition) is 5. The Kier molecular flexibility index (Phi) is 5.38. The molecule has 41 heavy (non-hydrogen) atoms. The summed E-state index contributed by atoms with van der Waals surface area (Å²) in [5, 5.41) is 2.27. The fourth-order valence-corrected chi connectivity index (χ4v) is 5.67. The quantitative estimate of drug-likeness (QED) is 0.230. The van der Waals surface area contributed by atoms with Crippen LogP contribution in [0.25, 0.3) is 55.8 Å². The summed E-state index contributed by atoms with van der Waals surface area (Å²) in [5.41, 5.74) is 9.01. The van der Waals surface area contributed by atoms with E-state index in [0.717, 1.165) is 67.2 Å². The molecule has 0 amide bonds. The number of nitrogens with zero attached hydrogens (tertiary/aromatic N) is 5. The van der Waals surface area contributed by atoms with Crippen LogP contribution in [0.3, 0.4) is 0 Å². The number of para-hydroxylation sites is 1. The standard InChI is InChI=1S/C36H23N5/c1-4-11-24(12-5-1)31-21-32(25-13-6-2-7-14-25)40-35(39-31)27-19-26-15-10-18-33-34(26)29(20-27)30-22-37-23-38-36(30)41(33)28-16-8-3-9-17-28/h1-23H. The molecule has 0 fully saturated rings. The van der Waals surface area contributed by atoms with E-state index in [0.29, 0.717) is 5.82 Å². The second-order valence-electron chi connectivity index (χ2n) is 10.0. The van der Waals surface area contributed by atoms with Crippen LogP contribution in [0.15, 0.2) is 140 Å². The van der Waals surface area contributed by atoms with Gasteiger partial charge in [0, 0.05) is 39.5 Å². The van der Waals surface area contributed by atoms with Crippen LogP contribution < -0.4 is 4.90 Å². The molecule has 0 unspecified atom stereocenters. The van der Waals surface area contributed by atoms with E-state index in [1.54, 1.807) is 6.33 Å². The highest BCUT2D eigenvalue weighted by Gasteiger charge is 2.28. The van der Waals surface area contributed by atoms with Crippen LogP contribution in [0.2, 0.25) is 0 Å². The van der Waals surface area contributed by atoms with Crippen LogP contribution in [0.1, 0.15) is 0 Å². The first-order chi connectivity index (χ1) is 20.3. The summed E-state index contributed by atoms with van der Waals surface area (Å²) < 4.78 is 0. The monoisotopic (exact) mass is 525 g/mol. The summed E-state index contributed by atoms with van der Waals surface area (Å²) in [5.74, 6) is 1.53. The average molecular weight is 526 g/mol. The number of hydrogen-bond donors (Lipinski definition) is 0. The molecule has 2 aromatic heterocycles. The third-order valence-electron chi connectivity index (χ3n) is 7.53. The van der Waals surface area contributed by atoms with E-state index in [2.05, 4.69) is 94.8 Å². The Bertz CT molecular complexity index is 1980. The molecule has 0 radical (unpaired) electrons. The molecule has 5 nitrogen and oxygen atoms in total. The Morgan fingerprint density at radius 2 is 1.20 bits per heavy atom. The molecule has 0 saturated heterocycles. The van der Waals surface area contributed by atoms with Gasteiger partial charge < -0.3 is 0 Å². The third kappa shape index (κ3) is 3.95. The molecule has 0 saturated carbocycles. The van der Waals surface area contributed by atoms with Crippen molar-refractivity contribution in [2.45, 2.75) is 0 Å². The molecular formula is C36H23N5. The highest BCUT2D eigenvalue weighted by atomic mass is 15.2. The Morgan fingerprint density at radius 1 is 0.537 bits per heavy atom. The minimum Gasteiger partial charge on any atom is -0.294 e. The third-order valence-corrected chi connectivity index (χ3v) is 7.53. The molecule has 3 heterocycles. The summed E-state index contributed by atoms with van der Waals surface area (Å²) >= 11 is 0. The van der Waals surface area contributed by atoms with Gasteiger partial charge in [-0.3, -0.25) is 4.90 Å².